The van der Waals surface area contributed by atoms with Gasteiger partial charge in [-0.2, -0.15) is 4.68 Å². The van der Waals surface area contributed by atoms with E-state index in [0.29, 0.717) is 5.78 Å². The molecule has 2 aromatic rings. The van der Waals surface area contributed by atoms with Crippen LogP contribution >= 0.6 is 0 Å². The molecule has 62 valence electrons. The van der Waals surface area contributed by atoms with Gasteiger partial charge in [0, 0.05) is 11.8 Å². The molecular weight excluding hydrogens is 158 g/mol. The molecule has 0 aromatic carbocycles. The number of nitrogens with two attached hydrogens (primary N) is 1. The van der Waals surface area contributed by atoms with Crippen LogP contribution in [0.4, 0.5) is 0 Å². The topological polar surface area (TPSA) is 78.2 Å². The van der Waals surface area contributed by atoms with Crippen LogP contribution in [0.2, 0.25) is 0 Å². The second kappa shape index (κ2) is 2.07. The van der Waals surface area contributed by atoms with E-state index in [0.717, 1.165) is 10.4 Å². The lowest BCUT2D eigenvalue weighted by Gasteiger charge is -2.00. The van der Waals surface area contributed by atoms with Gasteiger partial charge in [-0.3, -0.25) is 9.20 Å². The molecule has 0 fully saturated rings. The first-order chi connectivity index (χ1) is 5.70. The lowest BCUT2D eigenvalue weighted by molar-refractivity contribution is 0.881. The Morgan fingerprint density at radius 1 is 1.58 bits per heavy atom. The minimum atomic E-state index is -0.284. The maximum absolute atomic E-state index is 11.1. The maximum Gasteiger partial charge on any atom is 0.273 e. The average Bonchev–Trinajstić information content (AvgIpc) is 2.48. The van der Waals surface area contributed by atoms with E-state index in [-0.39, 0.29) is 5.56 Å². The van der Waals surface area contributed by atoms with Gasteiger partial charge in [-0.1, -0.05) is 0 Å². The highest BCUT2D eigenvalue weighted by Gasteiger charge is 2.03. The van der Waals surface area contributed by atoms with E-state index in [2.05, 4.69) is 10.2 Å². The molecular formula is C6H7N5O. The smallest absolute Gasteiger partial charge is 0.273 e. The van der Waals surface area contributed by atoms with E-state index in [1.54, 1.807) is 11.3 Å². The summed E-state index contributed by atoms with van der Waals surface area (Å²) in [5.74, 6) is 5.76. The van der Waals surface area contributed by atoms with Crippen LogP contribution in [0.25, 0.3) is 5.78 Å². The van der Waals surface area contributed by atoms with Crippen molar-refractivity contribution in [1.29, 1.82) is 0 Å². The summed E-state index contributed by atoms with van der Waals surface area (Å²) in [6.07, 6.45) is 1.51. The van der Waals surface area contributed by atoms with Crippen molar-refractivity contribution < 1.29 is 0 Å². The summed E-state index contributed by atoms with van der Waals surface area (Å²) in [6.45, 7) is 1.79. The fourth-order valence-electron chi connectivity index (χ4n) is 1.06. The summed E-state index contributed by atoms with van der Waals surface area (Å²) >= 11 is 0. The molecule has 0 aliphatic rings. The first-order valence-electron chi connectivity index (χ1n) is 3.37. The van der Waals surface area contributed by atoms with Crippen molar-refractivity contribution >= 4 is 5.78 Å². The Labute approximate surface area is 67.2 Å². The molecule has 2 heterocycles. The van der Waals surface area contributed by atoms with Crippen molar-refractivity contribution in [3.8, 4) is 0 Å². The summed E-state index contributed by atoms with van der Waals surface area (Å²) in [6, 6.07) is 1.43. The predicted octanol–water partition coefficient (Wildman–Crippen LogP) is -1.09. The standard InChI is InChI=1S/C6H7N5O/c1-4-2-5(12)11(7)6-9-8-3-10(4)6/h2-3H,7H2,1H3. The van der Waals surface area contributed by atoms with E-state index in [9.17, 15) is 4.79 Å². The molecule has 2 aromatic heterocycles. The van der Waals surface area contributed by atoms with E-state index in [4.69, 9.17) is 5.84 Å². The van der Waals surface area contributed by atoms with Gasteiger partial charge in [0.05, 0.1) is 0 Å². The Kier molecular flexibility index (Phi) is 1.18. The van der Waals surface area contributed by atoms with Crippen LogP contribution in [0.15, 0.2) is 17.2 Å². The molecule has 6 nitrogen and oxygen atoms in total. The monoisotopic (exact) mass is 165 g/mol. The second-order valence-corrected chi connectivity index (χ2v) is 2.49. The maximum atomic E-state index is 11.1. The van der Waals surface area contributed by atoms with Crippen LogP contribution in [0, 0.1) is 6.92 Å². The molecule has 12 heavy (non-hydrogen) atoms. The third kappa shape index (κ3) is 0.714. The van der Waals surface area contributed by atoms with Crippen molar-refractivity contribution in [1.82, 2.24) is 19.3 Å². The molecule has 0 saturated carbocycles. The van der Waals surface area contributed by atoms with Gasteiger partial charge in [-0.25, -0.2) is 0 Å². The number of hydrogen-bond donors (Lipinski definition) is 1. The zero-order valence-corrected chi connectivity index (χ0v) is 6.43. The van der Waals surface area contributed by atoms with E-state index in [1.165, 1.54) is 12.4 Å². The first-order valence-corrected chi connectivity index (χ1v) is 3.37. The second-order valence-electron chi connectivity index (χ2n) is 2.49. The highest BCUT2D eigenvalue weighted by atomic mass is 16.1. The number of nitrogens with zero attached hydrogens (tertiary/aromatic N) is 4. The highest BCUT2D eigenvalue weighted by Crippen LogP contribution is 1.96. The molecule has 2 N–H and O–H groups in total. The van der Waals surface area contributed by atoms with Gasteiger partial charge >= 0.3 is 0 Å². The van der Waals surface area contributed by atoms with Gasteiger partial charge in [-0.05, 0) is 6.92 Å². The summed E-state index contributed by atoms with van der Waals surface area (Å²) in [5, 5.41) is 7.33. The van der Waals surface area contributed by atoms with Crippen molar-refractivity contribution in [3.63, 3.8) is 0 Å². The highest BCUT2D eigenvalue weighted by molar-refractivity contribution is 5.29. The Bertz CT molecular complexity index is 482. The number of aryl methyl sites for hydroxylation is 1. The minimum Gasteiger partial charge on any atom is -0.333 e. The quantitative estimate of drug-likeness (QED) is 0.503. The zero-order chi connectivity index (χ0) is 8.72. The fraction of sp³-hybridized carbons (Fsp3) is 0.167. The first kappa shape index (κ1) is 6.84. The summed E-state index contributed by atoms with van der Waals surface area (Å²) in [4.78, 5) is 11.1. The number of aromatic nitrogens is 4. The molecule has 2 rings (SSSR count). The molecule has 0 aliphatic carbocycles. The zero-order valence-electron chi connectivity index (χ0n) is 6.43. The molecule has 0 aliphatic heterocycles. The van der Waals surface area contributed by atoms with Gasteiger partial charge in [0.15, 0.2) is 0 Å². The van der Waals surface area contributed by atoms with E-state index < -0.39 is 0 Å². The summed E-state index contributed by atoms with van der Waals surface area (Å²) < 4.78 is 2.60. The Morgan fingerprint density at radius 2 is 2.33 bits per heavy atom. The fourth-order valence-corrected chi connectivity index (χ4v) is 1.06. The summed E-state index contributed by atoms with van der Waals surface area (Å²) in [7, 11) is 0. The Morgan fingerprint density at radius 3 is 3.08 bits per heavy atom. The van der Waals surface area contributed by atoms with Gasteiger partial charge in [0.25, 0.3) is 11.3 Å². The largest absolute Gasteiger partial charge is 0.333 e. The lowest BCUT2D eigenvalue weighted by atomic mass is 10.4. The number of rotatable bonds is 0. The molecule has 0 radical (unpaired) electrons. The predicted molar refractivity (Wildman–Crippen MR) is 42.1 cm³/mol. The molecule has 0 amide bonds. The molecule has 0 atom stereocenters. The van der Waals surface area contributed by atoms with Crippen LogP contribution < -0.4 is 11.4 Å². The van der Waals surface area contributed by atoms with Crippen LogP contribution in [0.1, 0.15) is 5.69 Å². The summed E-state index contributed by atoms with van der Waals surface area (Å²) in [5.41, 5.74) is 0.481. The van der Waals surface area contributed by atoms with Crippen LogP contribution in [-0.4, -0.2) is 19.3 Å². The molecule has 0 unspecified atom stereocenters. The average molecular weight is 165 g/mol. The van der Waals surface area contributed by atoms with Gasteiger partial charge in [0.1, 0.15) is 6.33 Å². The van der Waals surface area contributed by atoms with Crippen molar-refractivity contribution in [3.05, 3.63) is 28.4 Å². The van der Waals surface area contributed by atoms with Gasteiger partial charge < -0.3 is 5.84 Å². The third-order valence-electron chi connectivity index (χ3n) is 1.70. The normalized spacial score (nSPS) is 10.8. The number of hydrogen-bond acceptors (Lipinski definition) is 4. The number of nitrogen functional groups attached to an aromatic ring is 1. The molecule has 0 bridgehead atoms. The van der Waals surface area contributed by atoms with Crippen LogP contribution in [-0.2, 0) is 0 Å². The Hall–Kier alpha value is -1.85. The van der Waals surface area contributed by atoms with E-state index in [1.807, 2.05) is 0 Å². The van der Waals surface area contributed by atoms with Crippen LogP contribution in [0.5, 0.6) is 0 Å². The number of fused-ring (bicyclic) bond motifs is 1. The molecule has 6 heteroatoms. The van der Waals surface area contributed by atoms with Crippen molar-refractivity contribution in [2.24, 2.45) is 0 Å². The SMILES string of the molecule is Cc1cc(=O)n(N)c2nncn12. The van der Waals surface area contributed by atoms with Gasteiger partial charge in [-0.15, -0.1) is 10.2 Å². The third-order valence-corrected chi connectivity index (χ3v) is 1.70. The van der Waals surface area contributed by atoms with E-state index >= 15 is 0 Å². The minimum absolute atomic E-state index is 0.284. The molecule has 0 spiro atoms. The molecule has 0 saturated heterocycles. The Balaban J connectivity index is 3.07. The van der Waals surface area contributed by atoms with Crippen LogP contribution in [0.3, 0.4) is 0 Å². The lowest BCUT2D eigenvalue weighted by Crippen LogP contribution is -2.29. The van der Waals surface area contributed by atoms with Crippen molar-refractivity contribution in [2.45, 2.75) is 6.92 Å². The van der Waals surface area contributed by atoms with Crippen molar-refractivity contribution in [2.75, 3.05) is 5.84 Å². The van der Waals surface area contributed by atoms with Gasteiger partial charge in [0.2, 0.25) is 0 Å².